The molecule has 2 heterocycles. The molecule has 0 atom stereocenters. The van der Waals surface area contributed by atoms with Crippen molar-refractivity contribution in [3.8, 4) is 0 Å². The van der Waals surface area contributed by atoms with E-state index in [1.54, 1.807) is 17.8 Å². The molecule has 0 unspecified atom stereocenters. The molecule has 7 heteroatoms. The standard InChI is InChI=1S/C18H26N4O2S/c1-3-22-14-18(15(2)19-22)25(23,24)20-17-9-7-16(8-10-17)13-21-11-5-4-6-12-21/h7-10,14,20H,3-6,11-13H2,1-2H3. The molecule has 0 amide bonds. The van der Waals surface area contributed by atoms with Crippen molar-refractivity contribution in [3.63, 3.8) is 0 Å². The van der Waals surface area contributed by atoms with Gasteiger partial charge in [0.25, 0.3) is 10.0 Å². The van der Waals surface area contributed by atoms with Gasteiger partial charge in [-0.3, -0.25) is 14.3 Å². The van der Waals surface area contributed by atoms with Crippen molar-refractivity contribution in [2.75, 3.05) is 17.8 Å². The van der Waals surface area contributed by atoms with E-state index in [9.17, 15) is 8.42 Å². The van der Waals surface area contributed by atoms with Crippen LogP contribution in [-0.2, 0) is 23.1 Å². The van der Waals surface area contributed by atoms with E-state index in [1.807, 2.05) is 31.2 Å². The monoisotopic (exact) mass is 362 g/mol. The van der Waals surface area contributed by atoms with Crippen LogP contribution in [0.3, 0.4) is 0 Å². The molecule has 1 fully saturated rings. The van der Waals surface area contributed by atoms with Crippen LogP contribution in [0.5, 0.6) is 0 Å². The molecule has 6 nitrogen and oxygen atoms in total. The Bertz CT molecular complexity index is 806. The zero-order valence-electron chi connectivity index (χ0n) is 14.9. The van der Waals surface area contributed by atoms with Gasteiger partial charge in [0.05, 0.1) is 5.69 Å². The molecule has 1 aliphatic rings. The van der Waals surface area contributed by atoms with Crippen molar-refractivity contribution in [2.24, 2.45) is 0 Å². The number of benzene rings is 1. The second-order valence-corrected chi connectivity index (χ2v) is 8.22. The Morgan fingerprint density at radius 3 is 2.40 bits per heavy atom. The van der Waals surface area contributed by atoms with Crippen molar-refractivity contribution in [2.45, 2.75) is 51.1 Å². The van der Waals surface area contributed by atoms with Crippen LogP contribution in [0.4, 0.5) is 5.69 Å². The topological polar surface area (TPSA) is 67.2 Å². The number of nitrogens with zero attached hydrogens (tertiary/aromatic N) is 3. The zero-order chi connectivity index (χ0) is 17.9. The smallest absolute Gasteiger partial charge is 0.265 e. The molecular weight excluding hydrogens is 336 g/mol. The van der Waals surface area contributed by atoms with Crippen LogP contribution in [0.15, 0.2) is 35.4 Å². The Kier molecular flexibility index (Phi) is 5.44. The van der Waals surface area contributed by atoms with Gasteiger partial charge in [0, 0.05) is 25.0 Å². The maximum atomic E-state index is 12.6. The van der Waals surface area contributed by atoms with Crippen molar-refractivity contribution < 1.29 is 8.42 Å². The Labute approximate surface area is 149 Å². The van der Waals surface area contributed by atoms with E-state index in [4.69, 9.17) is 0 Å². The molecule has 0 spiro atoms. The van der Waals surface area contributed by atoms with Crippen molar-refractivity contribution in [1.29, 1.82) is 0 Å². The van der Waals surface area contributed by atoms with Crippen LogP contribution in [0, 0.1) is 6.92 Å². The van der Waals surface area contributed by atoms with Gasteiger partial charge in [0.1, 0.15) is 4.90 Å². The lowest BCUT2D eigenvalue weighted by Crippen LogP contribution is -2.29. The fourth-order valence-electron chi connectivity index (χ4n) is 3.19. The van der Waals surface area contributed by atoms with Gasteiger partial charge in [-0.15, -0.1) is 0 Å². The van der Waals surface area contributed by atoms with Gasteiger partial charge in [0.15, 0.2) is 0 Å². The first kappa shape index (κ1) is 17.9. The molecular formula is C18H26N4O2S. The minimum Gasteiger partial charge on any atom is -0.299 e. The number of nitrogens with one attached hydrogen (secondary N) is 1. The predicted molar refractivity (Wildman–Crippen MR) is 99.0 cm³/mol. The molecule has 0 saturated carbocycles. The summed E-state index contributed by atoms with van der Waals surface area (Å²) in [5, 5.41) is 4.21. The first-order valence-electron chi connectivity index (χ1n) is 8.86. The van der Waals surface area contributed by atoms with Crippen LogP contribution in [0.25, 0.3) is 0 Å². The number of piperidine rings is 1. The summed E-state index contributed by atoms with van der Waals surface area (Å²) >= 11 is 0. The third-order valence-corrected chi connectivity index (χ3v) is 6.06. The third-order valence-electron chi connectivity index (χ3n) is 4.58. The minimum absolute atomic E-state index is 0.228. The van der Waals surface area contributed by atoms with E-state index < -0.39 is 10.0 Å². The lowest BCUT2D eigenvalue weighted by Gasteiger charge is -2.26. The summed E-state index contributed by atoms with van der Waals surface area (Å²) in [6.07, 6.45) is 5.43. The molecule has 2 aromatic rings. The highest BCUT2D eigenvalue weighted by Crippen LogP contribution is 2.20. The quantitative estimate of drug-likeness (QED) is 0.858. The average molecular weight is 362 g/mol. The fourth-order valence-corrected chi connectivity index (χ4v) is 4.44. The summed E-state index contributed by atoms with van der Waals surface area (Å²) in [4.78, 5) is 2.68. The second kappa shape index (κ2) is 7.58. The Balaban J connectivity index is 1.68. The lowest BCUT2D eigenvalue weighted by molar-refractivity contribution is 0.221. The van der Waals surface area contributed by atoms with E-state index in [0.717, 1.165) is 19.6 Å². The molecule has 3 rings (SSSR count). The summed E-state index contributed by atoms with van der Waals surface area (Å²) in [6.45, 7) is 7.50. The number of hydrogen-bond acceptors (Lipinski definition) is 4. The minimum atomic E-state index is -3.62. The molecule has 0 aliphatic carbocycles. The first-order chi connectivity index (χ1) is 12.0. The summed E-state index contributed by atoms with van der Waals surface area (Å²) < 4.78 is 29.4. The summed E-state index contributed by atoms with van der Waals surface area (Å²) in [7, 11) is -3.62. The number of hydrogen-bond donors (Lipinski definition) is 1. The maximum absolute atomic E-state index is 12.6. The Morgan fingerprint density at radius 2 is 1.80 bits per heavy atom. The highest BCUT2D eigenvalue weighted by atomic mass is 32.2. The van der Waals surface area contributed by atoms with Gasteiger partial charge in [-0.25, -0.2) is 8.42 Å². The molecule has 0 bridgehead atoms. The van der Waals surface area contributed by atoms with Crippen LogP contribution >= 0.6 is 0 Å². The van der Waals surface area contributed by atoms with Crippen LogP contribution < -0.4 is 4.72 Å². The first-order valence-corrected chi connectivity index (χ1v) is 10.3. The van der Waals surface area contributed by atoms with Crippen LogP contribution in [0.2, 0.25) is 0 Å². The Hall–Kier alpha value is -1.86. The highest BCUT2D eigenvalue weighted by Gasteiger charge is 2.20. The molecule has 0 radical (unpaired) electrons. The van der Waals surface area contributed by atoms with E-state index in [0.29, 0.717) is 17.9 Å². The second-order valence-electron chi connectivity index (χ2n) is 6.57. The Morgan fingerprint density at radius 1 is 1.12 bits per heavy atom. The number of aryl methyl sites for hydroxylation is 2. The SMILES string of the molecule is CCn1cc(S(=O)(=O)Nc2ccc(CN3CCCCC3)cc2)c(C)n1. The number of sulfonamides is 1. The van der Waals surface area contributed by atoms with Gasteiger partial charge in [-0.2, -0.15) is 5.10 Å². The average Bonchev–Trinajstić information content (AvgIpc) is 2.99. The molecule has 1 N–H and O–H groups in total. The van der Waals surface area contributed by atoms with E-state index in [2.05, 4.69) is 14.7 Å². The maximum Gasteiger partial charge on any atom is 0.265 e. The van der Waals surface area contributed by atoms with Gasteiger partial charge in [0.2, 0.25) is 0 Å². The molecule has 136 valence electrons. The van der Waals surface area contributed by atoms with Gasteiger partial charge >= 0.3 is 0 Å². The molecule has 1 aromatic heterocycles. The molecule has 1 saturated heterocycles. The summed E-state index contributed by atoms with van der Waals surface area (Å²) in [6, 6.07) is 7.65. The predicted octanol–water partition coefficient (Wildman–Crippen LogP) is 3.00. The summed E-state index contributed by atoms with van der Waals surface area (Å²) in [5.41, 5.74) is 2.29. The number of rotatable bonds is 6. The highest BCUT2D eigenvalue weighted by molar-refractivity contribution is 7.92. The van der Waals surface area contributed by atoms with E-state index >= 15 is 0 Å². The van der Waals surface area contributed by atoms with Crippen LogP contribution in [-0.4, -0.2) is 36.2 Å². The zero-order valence-corrected chi connectivity index (χ0v) is 15.7. The fraction of sp³-hybridized carbons (Fsp3) is 0.500. The molecule has 1 aromatic carbocycles. The molecule has 25 heavy (non-hydrogen) atoms. The van der Waals surface area contributed by atoms with Gasteiger partial charge in [-0.1, -0.05) is 18.6 Å². The van der Waals surface area contributed by atoms with Crippen molar-refractivity contribution in [1.82, 2.24) is 14.7 Å². The number of aromatic nitrogens is 2. The van der Waals surface area contributed by atoms with E-state index in [-0.39, 0.29) is 4.90 Å². The van der Waals surface area contributed by atoms with Crippen molar-refractivity contribution in [3.05, 3.63) is 41.7 Å². The largest absolute Gasteiger partial charge is 0.299 e. The third kappa shape index (κ3) is 4.41. The van der Waals surface area contributed by atoms with Crippen LogP contribution in [0.1, 0.15) is 37.4 Å². The summed E-state index contributed by atoms with van der Waals surface area (Å²) in [5.74, 6) is 0. The normalized spacial score (nSPS) is 16.1. The van der Waals surface area contributed by atoms with Gasteiger partial charge < -0.3 is 0 Å². The lowest BCUT2D eigenvalue weighted by atomic mass is 10.1. The number of likely N-dealkylation sites (tertiary alicyclic amines) is 1. The van der Waals surface area contributed by atoms with Crippen molar-refractivity contribution >= 4 is 15.7 Å². The number of anilines is 1. The molecule has 1 aliphatic heterocycles. The van der Waals surface area contributed by atoms with Gasteiger partial charge in [-0.05, 0) is 57.5 Å². The van der Waals surface area contributed by atoms with E-state index in [1.165, 1.54) is 24.8 Å².